The Labute approximate surface area is 149 Å². The van der Waals surface area contributed by atoms with Crippen LogP contribution in [0, 0.1) is 0 Å². The molecule has 0 aliphatic rings. The molecule has 0 N–H and O–H groups in total. The predicted molar refractivity (Wildman–Crippen MR) is 101 cm³/mol. The highest BCUT2D eigenvalue weighted by Crippen LogP contribution is 2.18. The first-order valence-electron chi connectivity index (χ1n) is 8.31. The monoisotopic (exact) mass is 346 g/mol. The van der Waals surface area contributed by atoms with Crippen molar-refractivity contribution >= 4 is 22.8 Å². The van der Waals surface area contributed by atoms with Crippen LogP contribution in [-0.2, 0) is 5.41 Å². The summed E-state index contributed by atoms with van der Waals surface area (Å²) in [6, 6.07) is 14.0. The van der Waals surface area contributed by atoms with Gasteiger partial charge in [0, 0.05) is 11.0 Å². The number of benzene rings is 2. The third-order valence-corrected chi connectivity index (χ3v) is 4.15. The third kappa shape index (κ3) is 2.67. The molecule has 2 aromatic carbocycles. The number of fused-ring (bicyclic) bond motifs is 2. The second-order valence-electron chi connectivity index (χ2n) is 7.10. The predicted octanol–water partition coefficient (Wildman–Crippen LogP) is 2.62. The minimum atomic E-state index is -0.424. The zero-order valence-electron chi connectivity index (χ0n) is 14.8. The SMILES string of the molecule is CC(C)(C)c1nn2cnnc2n(/N=C/c2cccc3ccccc23)c1=O. The van der Waals surface area contributed by atoms with E-state index in [4.69, 9.17) is 0 Å². The van der Waals surface area contributed by atoms with Crippen LogP contribution in [0.25, 0.3) is 16.6 Å². The molecule has 0 radical (unpaired) electrons. The Morgan fingerprint density at radius 2 is 1.85 bits per heavy atom. The minimum absolute atomic E-state index is 0.277. The van der Waals surface area contributed by atoms with Crippen molar-refractivity contribution in [2.24, 2.45) is 5.10 Å². The van der Waals surface area contributed by atoms with Crippen LogP contribution in [0.5, 0.6) is 0 Å². The second kappa shape index (κ2) is 5.87. The molecule has 26 heavy (non-hydrogen) atoms. The van der Waals surface area contributed by atoms with Crippen molar-refractivity contribution in [1.82, 2.24) is 24.5 Å². The molecular formula is C19H18N6O. The summed E-state index contributed by atoms with van der Waals surface area (Å²) in [6.07, 6.45) is 3.14. The van der Waals surface area contributed by atoms with E-state index in [0.717, 1.165) is 16.3 Å². The lowest BCUT2D eigenvalue weighted by molar-refractivity contribution is 0.529. The molecule has 0 bridgehead atoms. The molecule has 4 aromatic rings. The highest BCUT2D eigenvalue weighted by Gasteiger charge is 2.23. The molecule has 0 saturated carbocycles. The van der Waals surface area contributed by atoms with Gasteiger partial charge in [-0.05, 0) is 10.8 Å². The lowest BCUT2D eigenvalue weighted by Crippen LogP contribution is -2.33. The molecule has 2 heterocycles. The first-order valence-corrected chi connectivity index (χ1v) is 8.31. The maximum absolute atomic E-state index is 12.9. The average molecular weight is 346 g/mol. The number of hydrogen-bond acceptors (Lipinski definition) is 5. The lowest BCUT2D eigenvalue weighted by atomic mass is 9.93. The molecule has 4 rings (SSSR count). The van der Waals surface area contributed by atoms with Gasteiger partial charge in [0.2, 0.25) is 0 Å². The normalized spacial score (nSPS) is 12.4. The molecule has 0 saturated heterocycles. The summed E-state index contributed by atoms with van der Waals surface area (Å²) in [5.41, 5.74) is 0.600. The number of nitrogens with zero attached hydrogens (tertiary/aromatic N) is 6. The van der Waals surface area contributed by atoms with Crippen LogP contribution in [0.3, 0.4) is 0 Å². The standard InChI is InChI=1S/C19H18N6O/c1-19(2,3)16-17(26)25(18-22-20-12-24(18)23-16)21-11-14-9-6-8-13-7-4-5-10-15(13)14/h4-12H,1-3H3/b21-11+. The van der Waals surface area contributed by atoms with Gasteiger partial charge in [-0.3, -0.25) is 4.79 Å². The van der Waals surface area contributed by atoms with Gasteiger partial charge in [-0.15, -0.1) is 10.2 Å². The molecular weight excluding hydrogens is 328 g/mol. The van der Waals surface area contributed by atoms with Crippen LogP contribution in [0.1, 0.15) is 32.0 Å². The van der Waals surface area contributed by atoms with Crippen LogP contribution in [0.2, 0.25) is 0 Å². The van der Waals surface area contributed by atoms with Gasteiger partial charge in [-0.25, -0.2) is 0 Å². The molecule has 7 heteroatoms. The van der Waals surface area contributed by atoms with Gasteiger partial charge in [0.05, 0.1) is 6.21 Å². The summed E-state index contributed by atoms with van der Waals surface area (Å²) in [5, 5.41) is 18.8. The van der Waals surface area contributed by atoms with Crippen molar-refractivity contribution in [1.29, 1.82) is 0 Å². The Hall–Kier alpha value is -3.35. The van der Waals surface area contributed by atoms with Crippen LogP contribution in [-0.4, -0.2) is 30.7 Å². The van der Waals surface area contributed by atoms with Gasteiger partial charge in [0.1, 0.15) is 12.0 Å². The van der Waals surface area contributed by atoms with Crippen LogP contribution >= 0.6 is 0 Å². The zero-order valence-corrected chi connectivity index (χ0v) is 14.8. The Bertz CT molecular complexity index is 1190. The van der Waals surface area contributed by atoms with E-state index in [1.165, 1.54) is 15.5 Å². The lowest BCUT2D eigenvalue weighted by Gasteiger charge is -2.16. The van der Waals surface area contributed by atoms with Crippen LogP contribution in [0.15, 0.2) is 58.7 Å². The summed E-state index contributed by atoms with van der Waals surface area (Å²) >= 11 is 0. The van der Waals surface area contributed by atoms with Crippen molar-refractivity contribution < 1.29 is 0 Å². The van der Waals surface area contributed by atoms with E-state index in [0.29, 0.717) is 5.69 Å². The van der Waals surface area contributed by atoms with Gasteiger partial charge < -0.3 is 0 Å². The fourth-order valence-corrected chi connectivity index (χ4v) is 2.83. The Balaban J connectivity index is 1.92. The summed E-state index contributed by atoms with van der Waals surface area (Å²) in [7, 11) is 0. The second-order valence-corrected chi connectivity index (χ2v) is 7.10. The zero-order chi connectivity index (χ0) is 18.3. The Morgan fingerprint density at radius 1 is 1.08 bits per heavy atom. The summed E-state index contributed by atoms with van der Waals surface area (Å²) in [5.74, 6) is 0.277. The fraction of sp³-hybridized carbons (Fsp3) is 0.211. The molecule has 0 atom stereocenters. The van der Waals surface area contributed by atoms with E-state index in [-0.39, 0.29) is 11.3 Å². The first kappa shape index (κ1) is 16.1. The van der Waals surface area contributed by atoms with Gasteiger partial charge >= 0.3 is 0 Å². The number of aromatic nitrogens is 5. The molecule has 2 aromatic heterocycles. The quantitative estimate of drug-likeness (QED) is 0.523. The van der Waals surface area contributed by atoms with Crippen LogP contribution in [0.4, 0.5) is 0 Å². The Morgan fingerprint density at radius 3 is 2.65 bits per heavy atom. The van der Waals surface area contributed by atoms with Crippen molar-refractivity contribution in [3.05, 3.63) is 70.4 Å². The number of hydrogen-bond donors (Lipinski definition) is 0. The van der Waals surface area contributed by atoms with Crippen molar-refractivity contribution in [3.63, 3.8) is 0 Å². The largest absolute Gasteiger partial charge is 0.298 e. The highest BCUT2D eigenvalue weighted by atomic mass is 16.1. The first-order chi connectivity index (χ1) is 12.4. The average Bonchev–Trinajstić information content (AvgIpc) is 3.08. The van der Waals surface area contributed by atoms with Gasteiger partial charge in [0.25, 0.3) is 11.3 Å². The number of rotatable bonds is 2. The van der Waals surface area contributed by atoms with Crippen molar-refractivity contribution in [2.45, 2.75) is 26.2 Å². The van der Waals surface area contributed by atoms with Crippen molar-refractivity contribution in [3.8, 4) is 0 Å². The van der Waals surface area contributed by atoms with Crippen LogP contribution < -0.4 is 5.56 Å². The van der Waals surface area contributed by atoms with E-state index in [1.54, 1.807) is 6.21 Å². The molecule has 0 amide bonds. The summed E-state index contributed by atoms with van der Waals surface area (Å²) < 4.78 is 2.73. The van der Waals surface area contributed by atoms with Gasteiger partial charge in [-0.2, -0.15) is 19.4 Å². The highest BCUT2D eigenvalue weighted by molar-refractivity contribution is 5.99. The van der Waals surface area contributed by atoms with E-state index in [2.05, 4.69) is 20.4 Å². The summed E-state index contributed by atoms with van der Waals surface area (Å²) in [6.45, 7) is 5.81. The molecule has 0 fully saturated rings. The fourth-order valence-electron chi connectivity index (χ4n) is 2.83. The van der Waals surface area contributed by atoms with Gasteiger partial charge in [-0.1, -0.05) is 63.2 Å². The topological polar surface area (TPSA) is 77.4 Å². The maximum atomic E-state index is 12.9. The molecule has 0 aliphatic carbocycles. The smallest absolute Gasteiger partial charge is 0.265 e. The molecule has 130 valence electrons. The Kier molecular flexibility index (Phi) is 3.64. The van der Waals surface area contributed by atoms with E-state index in [1.807, 2.05) is 63.2 Å². The van der Waals surface area contributed by atoms with Gasteiger partial charge in [0.15, 0.2) is 0 Å². The molecule has 0 unspecified atom stereocenters. The third-order valence-electron chi connectivity index (χ3n) is 4.15. The van der Waals surface area contributed by atoms with Crippen molar-refractivity contribution in [2.75, 3.05) is 0 Å². The summed E-state index contributed by atoms with van der Waals surface area (Å²) in [4.78, 5) is 12.9. The van der Waals surface area contributed by atoms with E-state index in [9.17, 15) is 4.79 Å². The molecule has 7 nitrogen and oxygen atoms in total. The minimum Gasteiger partial charge on any atom is -0.265 e. The molecule has 0 spiro atoms. The van der Waals surface area contributed by atoms with E-state index >= 15 is 0 Å². The maximum Gasteiger partial charge on any atom is 0.298 e. The molecule has 0 aliphatic heterocycles. The van der Waals surface area contributed by atoms with E-state index < -0.39 is 5.41 Å².